The third-order valence-electron chi connectivity index (χ3n) is 5.41. The van der Waals surface area contributed by atoms with Crippen LogP contribution in [0.3, 0.4) is 0 Å². The van der Waals surface area contributed by atoms with Crippen LogP contribution < -0.4 is 15.3 Å². The second-order valence-electron chi connectivity index (χ2n) is 7.45. The summed E-state index contributed by atoms with van der Waals surface area (Å²) < 4.78 is 5.29. The van der Waals surface area contributed by atoms with Gasteiger partial charge in [0.25, 0.3) is 0 Å². The van der Waals surface area contributed by atoms with Crippen LogP contribution in [-0.2, 0) is 20.8 Å². The van der Waals surface area contributed by atoms with Gasteiger partial charge in [0.1, 0.15) is 11.8 Å². The molecule has 2 aliphatic heterocycles. The highest BCUT2D eigenvalue weighted by molar-refractivity contribution is 6.47. The van der Waals surface area contributed by atoms with Crippen LogP contribution in [0.2, 0.25) is 0 Å². The van der Waals surface area contributed by atoms with Crippen LogP contribution in [0.15, 0.2) is 18.2 Å². The minimum Gasteiger partial charge on any atom is -0.534 e. The van der Waals surface area contributed by atoms with Crippen molar-refractivity contribution in [2.24, 2.45) is 0 Å². The van der Waals surface area contributed by atoms with Gasteiger partial charge in [-0.1, -0.05) is 12.1 Å². The highest BCUT2D eigenvalue weighted by Gasteiger charge is 2.40. The van der Waals surface area contributed by atoms with Crippen molar-refractivity contribution in [1.82, 2.24) is 20.4 Å². The number of carboxylic acid groups (broad SMARTS) is 1. The average molecular weight is 462 g/mol. The van der Waals surface area contributed by atoms with E-state index in [-0.39, 0.29) is 30.8 Å². The first kappa shape index (κ1) is 24.0. The van der Waals surface area contributed by atoms with E-state index in [1.54, 1.807) is 13.0 Å². The van der Waals surface area contributed by atoms with Crippen LogP contribution in [0.5, 0.6) is 5.75 Å². The van der Waals surface area contributed by atoms with E-state index >= 15 is 0 Å². The van der Waals surface area contributed by atoms with Crippen molar-refractivity contribution in [2.75, 3.05) is 26.2 Å². The predicted molar refractivity (Wildman–Crippen MR) is 111 cm³/mol. The number of nitrogens with one attached hydrogen (secondary N) is 2. The number of aliphatic hydroxyl groups excluding tert-OH is 1. The SMILES string of the molecule is CCN1CCN(C(=O)N[C@H](CO)C(=O)N[C@H]2Cc3cccc(C(=O)O)c3OB2O)C(=O)C1=O. The zero-order chi connectivity index (χ0) is 24.3. The molecule has 0 radical (unpaired) electrons. The van der Waals surface area contributed by atoms with E-state index in [4.69, 9.17) is 4.65 Å². The summed E-state index contributed by atoms with van der Waals surface area (Å²) in [5.41, 5.74) is 0.298. The van der Waals surface area contributed by atoms with Crippen molar-refractivity contribution in [2.45, 2.75) is 25.3 Å². The van der Waals surface area contributed by atoms with E-state index in [2.05, 4.69) is 10.6 Å². The molecule has 0 aromatic heterocycles. The Balaban J connectivity index is 1.65. The highest BCUT2D eigenvalue weighted by Crippen LogP contribution is 2.30. The molecule has 2 aliphatic rings. The smallest absolute Gasteiger partial charge is 0.534 e. The first-order chi connectivity index (χ1) is 15.7. The van der Waals surface area contributed by atoms with E-state index in [9.17, 15) is 39.2 Å². The number of benzene rings is 1. The Morgan fingerprint density at radius 3 is 2.61 bits per heavy atom. The molecule has 3 rings (SSSR count). The minimum absolute atomic E-state index is 0.00980. The predicted octanol–water partition coefficient (Wildman–Crippen LogP) is -2.41. The van der Waals surface area contributed by atoms with Gasteiger partial charge in [-0.15, -0.1) is 0 Å². The Labute approximate surface area is 188 Å². The van der Waals surface area contributed by atoms with Gasteiger partial charge in [-0.2, -0.15) is 0 Å². The zero-order valence-electron chi connectivity index (χ0n) is 17.7. The maximum absolute atomic E-state index is 12.6. The molecule has 0 aliphatic carbocycles. The van der Waals surface area contributed by atoms with Crippen molar-refractivity contribution in [3.8, 4) is 5.75 Å². The third-order valence-corrected chi connectivity index (χ3v) is 5.41. The molecule has 2 atom stereocenters. The molecule has 0 saturated carbocycles. The number of carbonyl (C=O) groups excluding carboxylic acids is 4. The summed E-state index contributed by atoms with van der Waals surface area (Å²) in [6.07, 6.45) is 0.0292. The number of amides is 5. The Morgan fingerprint density at radius 1 is 1.24 bits per heavy atom. The summed E-state index contributed by atoms with van der Waals surface area (Å²) in [6.45, 7) is 1.26. The van der Waals surface area contributed by atoms with Gasteiger partial charge < -0.3 is 35.4 Å². The molecule has 1 aromatic rings. The Morgan fingerprint density at radius 2 is 1.97 bits per heavy atom. The molecular formula is C19H23BN4O9. The quantitative estimate of drug-likeness (QED) is 0.227. The lowest BCUT2D eigenvalue weighted by Gasteiger charge is -2.33. The molecule has 13 nitrogen and oxygen atoms in total. The molecule has 0 spiro atoms. The summed E-state index contributed by atoms with van der Waals surface area (Å²) in [6, 6.07) is 1.89. The number of aliphatic hydroxyl groups is 1. The van der Waals surface area contributed by atoms with E-state index in [1.807, 2.05) is 0 Å². The second kappa shape index (κ2) is 9.87. The van der Waals surface area contributed by atoms with Gasteiger partial charge in [0.15, 0.2) is 0 Å². The highest BCUT2D eigenvalue weighted by atomic mass is 16.5. The molecule has 0 bridgehead atoms. The Hall–Kier alpha value is -3.65. The summed E-state index contributed by atoms with van der Waals surface area (Å²) in [4.78, 5) is 62.4. The number of rotatable bonds is 6. The summed E-state index contributed by atoms with van der Waals surface area (Å²) in [5, 5.41) is 33.7. The molecule has 33 heavy (non-hydrogen) atoms. The number of aromatic carboxylic acids is 1. The van der Waals surface area contributed by atoms with Crippen molar-refractivity contribution in [3.63, 3.8) is 0 Å². The average Bonchev–Trinajstić information content (AvgIpc) is 2.78. The number of imide groups is 1. The molecule has 0 unspecified atom stereocenters. The number of hydrogen-bond donors (Lipinski definition) is 5. The number of urea groups is 1. The van der Waals surface area contributed by atoms with Gasteiger partial charge in [0.2, 0.25) is 5.91 Å². The normalized spacial score (nSPS) is 18.9. The summed E-state index contributed by atoms with van der Waals surface area (Å²) in [5.74, 6) is -5.01. The Kier molecular flexibility index (Phi) is 7.18. The van der Waals surface area contributed by atoms with Crippen LogP contribution >= 0.6 is 0 Å². The van der Waals surface area contributed by atoms with Crippen LogP contribution in [0.25, 0.3) is 0 Å². The van der Waals surface area contributed by atoms with Gasteiger partial charge in [0.05, 0.1) is 18.1 Å². The lowest BCUT2D eigenvalue weighted by atomic mass is 9.72. The van der Waals surface area contributed by atoms with Crippen molar-refractivity contribution in [1.29, 1.82) is 0 Å². The largest absolute Gasteiger partial charge is 0.547 e. The Bertz CT molecular complexity index is 988. The van der Waals surface area contributed by atoms with Gasteiger partial charge >= 0.3 is 30.9 Å². The van der Waals surface area contributed by atoms with Crippen LogP contribution in [0.4, 0.5) is 4.79 Å². The topological polar surface area (TPSA) is 186 Å². The zero-order valence-corrected chi connectivity index (χ0v) is 17.7. The fraction of sp³-hybridized carbons (Fsp3) is 0.421. The van der Waals surface area contributed by atoms with Gasteiger partial charge in [-0.3, -0.25) is 19.3 Å². The van der Waals surface area contributed by atoms with Crippen LogP contribution in [0.1, 0.15) is 22.8 Å². The van der Waals surface area contributed by atoms with Gasteiger partial charge in [-0.25, -0.2) is 9.59 Å². The number of carbonyl (C=O) groups is 5. The monoisotopic (exact) mass is 462 g/mol. The van der Waals surface area contributed by atoms with E-state index in [0.29, 0.717) is 17.0 Å². The molecule has 1 fully saturated rings. The third kappa shape index (κ3) is 4.91. The maximum Gasteiger partial charge on any atom is 0.547 e. The molecule has 1 saturated heterocycles. The minimum atomic E-state index is -1.58. The van der Waals surface area contributed by atoms with E-state index in [0.717, 1.165) is 0 Å². The fourth-order valence-electron chi connectivity index (χ4n) is 3.59. The number of carboxylic acids is 1. The van der Waals surface area contributed by atoms with Gasteiger partial charge in [0, 0.05) is 19.6 Å². The molecule has 176 valence electrons. The van der Waals surface area contributed by atoms with Crippen molar-refractivity contribution in [3.05, 3.63) is 29.3 Å². The van der Waals surface area contributed by atoms with Crippen LogP contribution in [-0.4, -0.2) is 100 Å². The second-order valence-corrected chi connectivity index (χ2v) is 7.45. The number of para-hydroxylation sites is 1. The number of hydrogen-bond acceptors (Lipinski definition) is 8. The molecule has 14 heteroatoms. The molecule has 2 heterocycles. The first-order valence-electron chi connectivity index (χ1n) is 10.2. The van der Waals surface area contributed by atoms with Crippen molar-refractivity contribution >= 4 is 36.8 Å². The number of likely N-dealkylation sites (N-methyl/N-ethyl adjacent to an activating group) is 1. The lowest BCUT2D eigenvalue weighted by Crippen LogP contribution is -2.62. The molecule has 1 aromatic carbocycles. The van der Waals surface area contributed by atoms with E-state index in [1.165, 1.54) is 17.0 Å². The number of fused-ring (bicyclic) bond motifs is 1. The summed E-state index contributed by atoms with van der Waals surface area (Å²) in [7, 11) is -1.58. The maximum atomic E-state index is 12.6. The standard InChI is InChI=1S/C19H23BN4O9/c1-2-23-6-7-24(17(28)16(23)27)19(31)21-12(9-25)15(26)22-13-8-10-4-3-5-11(18(29)30)14(10)33-20(13)32/h3-5,12-13,25,32H,2,6-9H2,1H3,(H,21,31)(H,22,26)(H,29,30)/t12-,13+/m1/s1. The number of nitrogens with zero attached hydrogens (tertiary/aromatic N) is 2. The molecular weight excluding hydrogens is 439 g/mol. The van der Waals surface area contributed by atoms with E-state index < -0.39 is 55.4 Å². The lowest BCUT2D eigenvalue weighted by molar-refractivity contribution is -0.153. The fourth-order valence-corrected chi connectivity index (χ4v) is 3.59. The van der Waals surface area contributed by atoms with Crippen molar-refractivity contribution < 1.29 is 43.9 Å². The number of piperazine rings is 1. The molecule has 5 amide bonds. The van der Waals surface area contributed by atoms with Gasteiger partial charge in [-0.05, 0) is 25.0 Å². The van der Waals surface area contributed by atoms with Crippen LogP contribution in [0, 0.1) is 0 Å². The molecule has 5 N–H and O–H groups in total. The first-order valence-corrected chi connectivity index (χ1v) is 10.2. The summed E-state index contributed by atoms with van der Waals surface area (Å²) >= 11 is 0.